The van der Waals surface area contributed by atoms with Gasteiger partial charge in [-0.2, -0.15) is 5.10 Å². The first-order valence-electron chi connectivity index (χ1n) is 8.54. The molecule has 1 aliphatic rings. The van der Waals surface area contributed by atoms with Gasteiger partial charge in [-0.25, -0.2) is 0 Å². The second-order valence-corrected chi connectivity index (χ2v) is 6.08. The molecule has 0 atom stereocenters. The highest BCUT2D eigenvalue weighted by Gasteiger charge is 2.18. The summed E-state index contributed by atoms with van der Waals surface area (Å²) in [6, 6.07) is 11.9. The molecule has 0 amide bonds. The molecule has 0 spiro atoms. The average molecular weight is 355 g/mol. The molecule has 7 heteroatoms. The molecule has 0 aromatic heterocycles. The van der Waals surface area contributed by atoms with Crippen LogP contribution in [-0.4, -0.2) is 24.4 Å². The second kappa shape index (κ2) is 8.33. The van der Waals surface area contributed by atoms with E-state index in [-0.39, 0.29) is 11.8 Å². The minimum Gasteiger partial charge on any atom is -0.493 e. The fraction of sp³-hybridized carbons (Fsp3) is 0.316. The predicted molar refractivity (Wildman–Crippen MR) is 100 cm³/mol. The third kappa shape index (κ3) is 4.30. The van der Waals surface area contributed by atoms with Crippen molar-refractivity contribution in [2.45, 2.75) is 31.8 Å². The summed E-state index contributed by atoms with van der Waals surface area (Å²) in [5.74, 6) is 1.37. The molecule has 0 aliphatic heterocycles. The maximum atomic E-state index is 11.0. The lowest BCUT2D eigenvalue weighted by molar-refractivity contribution is -0.384. The number of methoxy groups -OCH3 is 1. The third-order valence-electron chi connectivity index (χ3n) is 4.28. The summed E-state index contributed by atoms with van der Waals surface area (Å²) in [4.78, 5) is 10.6. The minimum absolute atomic E-state index is 0.0235. The number of para-hydroxylation sites is 2. The Kier molecular flexibility index (Phi) is 5.68. The highest BCUT2D eigenvalue weighted by molar-refractivity contribution is 5.81. The number of nitro benzene ring substituents is 1. The zero-order valence-electron chi connectivity index (χ0n) is 14.6. The molecule has 1 fully saturated rings. The molecule has 0 heterocycles. The molecule has 1 aliphatic carbocycles. The van der Waals surface area contributed by atoms with Gasteiger partial charge in [0, 0.05) is 6.07 Å². The van der Waals surface area contributed by atoms with Gasteiger partial charge in [0.2, 0.25) is 0 Å². The number of rotatable bonds is 7. The first-order chi connectivity index (χ1) is 12.7. The van der Waals surface area contributed by atoms with Gasteiger partial charge in [0.25, 0.3) is 5.69 Å². The van der Waals surface area contributed by atoms with Crippen molar-refractivity contribution in [2.75, 3.05) is 12.5 Å². The Morgan fingerprint density at radius 1 is 1.19 bits per heavy atom. The van der Waals surface area contributed by atoms with E-state index in [1.54, 1.807) is 31.5 Å². The van der Waals surface area contributed by atoms with E-state index in [9.17, 15) is 10.1 Å². The average Bonchev–Trinajstić information content (AvgIpc) is 3.15. The topological polar surface area (TPSA) is 86.0 Å². The summed E-state index contributed by atoms with van der Waals surface area (Å²) in [5.41, 5.74) is 3.84. The molecule has 1 saturated carbocycles. The lowest BCUT2D eigenvalue weighted by Gasteiger charge is -2.16. The summed E-state index contributed by atoms with van der Waals surface area (Å²) in [6.07, 6.45) is 6.31. The van der Waals surface area contributed by atoms with Gasteiger partial charge in [0.05, 0.1) is 24.4 Å². The van der Waals surface area contributed by atoms with Gasteiger partial charge in [0.1, 0.15) is 5.69 Å². The smallest absolute Gasteiger partial charge is 0.294 e. The quantitative estimate of drug-likeness (QED) is 0.453. The van der Waals surface area contributed by atoms with E-state index in [0.717, 1.165) is 18.4 Å². The van der Waals surface area contributed by atoms with E-state index >= 15 is 0 Å². The number of hydrogen-bond acceptors (Lipinski definition) is 6. The van der Waals surface area contributed by atoms with Crippen molar-refractivity contribution in [1.29, 1.82) is 0 Å². The van der Waals surface area contributed by atoms with Crippen LogP contribution >= 0.6 is 0 Å². The van der Waals surface area contributed by atoms with Gasteiger partial charge in [0.15, 0.2) is 11.5 Å². The van der Waals surface area contributed by atoms with Crippen molar-refractivity contribution in [1.82, 2.24) is 0 Å². The number of hydrazone groups is 1. The lowest BCUT2D eigenvalue weighted by atomic mass is 10.2. The van der Waals surface area contributed by atoms with Crippen molar-refractivity contribution >= 4 is 17.6 Å². The zero-order chi connectivity index (χ0) is 18.4. The molecule has 136 valence electrons. The molecule has 2 aromatic carbocycles. The summed E-state index contributed by atoms with van der Waals surface area (Å²) < 4.78 is 11.4. The number of ether oxygens (including phenoxy) is 2. The van der Waals surface area contributed by atoms with Crippen LogP contribution in [-0.2, 0) is 0 Å². The highest BCUT2D eigenvalue weighted by atomic mass is 16.6. The van der Waals surface area contributed by atoms with E-state index in [2.05, 4.69) is 10.5 Å². The van der Waals surface area contributed by atoms with Crippen LogP contribution in [0.4, 0.5) is 11.4 Å². The van der Waals surface area contributed by atoms with Gasteiger partial charge < -0.3 is 9.47 Å². The molecule has 0 unspecified atom stereocenters. The minimum atomic E-state index is -0.446. The van der Waals surface area contributed by atoms with Crippen molar-refractivity contribution in [2.24, 2.45) is 5.10 Å². The van der Waals surface area contributed by atoms with Gasteiger partial charge in [-0.05, 0) is 55.5 Å². The van der Waals surface area contributed by atoms with E-state index in [4.69, 9.17) is 9.47 Å². The largest absolute Gasteiger partial charge is 0.493 e. The van der Waals surface area contributed by atoms with Gasteiger partial charge in [-0.15, -0.1) is 0 Å². The van der Waals surface area contributed by atoms with Crippen molar-refractivity contribution in [3.8, 4) is 11.5 Å². The van der Waals surface area contributed by atoms with Gasteiger partial charge in [-0.1, -0.05) is 12.1 Å². The molecule has 2 aromatic rings. The zero-order valence-corrected chi connectivity index (χ0v) is 14.6. The van der Waals surface area contributed by atoms with E-state index in [1.165, 1.54) is 18.9 Å². The number of nitro groups is 1. The molecule has 0 radical (unpaired) electrons. The molecule has 3 rings (SSSR count). The van der Waals surface area contributed by atoms with Crippen LogP contribution in [0, 0.1) is 10.1 Å². The maximum Gasteiger partial charge on any atom is 0.294 e. The number of anilines is 1. The summed E-state index contributed by atoms with van der Waals surface area (Å²) in [5, 5.41) is 15.1. The number of nitrogens with one attached hydrogen (secondary N) is 1. The first kappa shape index (κ1) is 17.7. The van der Waals surface area contributed by atoms with Crippen LogP contribution in [0.15, 0.2) is 47.6 Å². The Balaban J connectivity index is 1.73. The standard InChI is InChI=1S/C19H21N3O4/c1-25-18-11-10-14(12-19(18)26-15-6-2-3-7-15)13-20-21-16-8-4-5-9-17(16)22(23)24/h4-5,8-13,15,21H,2-3,6-7H2,1H3. The van der Waals surface area contributed by atoms with Gasteiger partial charge in [-0.3, -0.25) is 15.5 Å². The Labute approximate surface area is 151 Å². The molecule has 1 N–H and O–H groups in total. The number of hydrogen-bond donors (Lipinski definition) is 1. The SMILES string of the molecule is COc1ccc(C=NNc2ccccc2[N+](=O)[O-])cc1OC1CCCC1. The highest BCUT2D eigenvalue weighted by Crippen LogP contribution is 2.32. The van der Waals surface area contributed by atoms with E-state index in [0.29, 0.717) is 17.2 Å². The van der Waals surface area contributed by atoms with Crippen LogP contribution in [0.3, 0.4) is 0 Å². The predicted octanol–water partition coefficient (Wildman–Crippen LogP) is 4.37. The molecule has 0 bridgehead atoms. The number of nitrogens with zero attached hydrogens (tertiary/aromatic N) is 2. The molecule has 26 heavy (non-hydrogen) atoms. The van der Waals surface area contributed by atoms with Gasteiger partial charge >= 0.3 is 0 Å². The van der Waals surface area contributed by atoms with Crippen molar-refractivity contribution in [3.05, 3.63) is 58.1 Å². The van der Waals surface area contributed by atoms with Crippen LogP contribution in [0.5, 0.6) is 11.5 Å². The fourth-order valence-electron chi connectivity index (χ4n) is 2.96. The lowest BCUT2D eigenvalue weighted by Crippen LogP contribution is -2.11. The van der Waals surface area contributed by atoms with E-state index < -0.39 is 4.92 Å². The third-order valence-corrected chi connectivity index (χ3v) is 4.28. The van der Waals surface area contributed by atoms with Crippen molar-refractivity contribution < 1.29 is 14.4 Å². The van der Waals surface area contributed by atoms with Crippen LogP contribution < -0.4 is 14.9 Å². The molecule has 7 nitrogen and oxygen atoms in total. The van der Waals surface area contributed by atoms with Crippen LogP contribution in [0.2, 0.25) is 0 Å². The van der Waals surface area contributed by atoms with Crippen LogP contribution in [0.1, 0.15) is 31.2 Å². The summed E-state index contributed by atoms with van der Waals surface area (Å²) in [6.45, 7) is 0. The first-order valence-corrected chi connectivity index (χ1v) is 8.54. The maximum absolute atomic E-state index is 11.0. The van der Waals surface area contributed by atoms with Crippen LogP contribution in [0.25, 0.3) is 0 Å². The number of benzene rings is 2. The second-order valence-electron chi connectivity index (χ2n) is 6.08. The Hall–Kier alpha value is -3.09. The molecular weight excluding hydrogens is 334 g/mol. The van der Waals surface area contributed by atoms with Crippen molar-refractivity contribution in [3.63, 3.8) is 0 Å². The molecular formula is C19H21N3O4. The molecule has 0 saturated heterocycles. The summed E-state index contributed by atoms with van der Waals surface area (Å²) >= 11 is 0. The Morgan fingerprint density at radius 3 is 2.69 bits per heavy atom. The normalized spacial score (nSPS) is 14.5. The Morgan fingerprint density at radius 2 is 1.96 bits per heavy atom. The van der Waals surface area contributed by atoms with E-state index in [1.807, 2.05) is 18.2 Å². The summed E-state index contributed by atoms with van der Waals surface area (Å²) in [7, 11) is 1.61. The Bertz CT molecular complexity index is 801. The fourth-order valence-corrected chi connectivity index (χ4v) is 2.96. The monoisotopic (exact) mass is 355 g/mol.